The van der Waals surface area contributed by atoms with Crippen LogP contribution < -0.4 is 4.74 Å². The predicted octanol–water partition coefficient (Wildman–Crippen LogP) is 5.15. The molecule has 4 aromatic rings. The molecule has 0 spiro atoms. The number of para-hydroxylation sites is 2. The molecule has 4 rings (SSSR count). The summed E-state index contributed by atoms with van der Waals surface area (Å²) in [6, 6.07) is 22.2. The van der Waals surface area contributed by atoms with Gasteiger partial charge < -0.3 is 9.15 Å². The molecular formula is C19H15NO2S. The van der Waals surface area contributed by atoms with Crippen molar-refractivity contribution in [1.82, 2.24) is 4.98 Å². The van der Waals surface area contributed by atoms with Gasteiger partial charge >= 0.3 is 0 Å². The molecule has 0 aliphatic rings. The molecular weight excluding hydrogens is 306 g/mol. The third kappa shape index (κ3) is 3.17. The molecule has 0 bridgehead atoms. The molecule has 3 nitrogen and oxygen atoms in total. The first-order valence-corrected chi connectivity index (χ1v) is 8.47. The quantitative estimate of drug-likeness (QED) is 0.376. The van der Waals surface area contributed by atoms with Gasteiger partial charge in [-0.05, 0) is 35.0 Å². The standard InChI is InChI=1S/C19H15NO2S/c1-2-6-15-13-16(10-9-14(15)5-1)21-11-12-23-19-20-17-7-3-4-8-18(17)22-19/h1-10,13H,11-12H2. The fourth-order valence-corrected chi connectivity index (χ4v) is 3.11. The van der Waals surface area contributed by atoms with Crippen molar-refractivity contribution < 1.29 is 9.15 Å². The second-order valence-electron chi connectivity index (χ2n) is 5.15. The van der Waals surface area contributed by atoms with E-state index in [0.717, 1.165) is 22.6 Å². The SMILES string of the molecule is c1ccc2cc(OCCSc3nc4ccccc4o3)ccc2c1. The number of nitrogens with zero attached hydrogens (tertiary/aromatic N) is 1. The van der Waals surface area contributed by atoms with Gasteiger partial charge in [0, 0.05) is 5.75 Å². The van der Waals surface area contributed by atoms with Crippen molar-refractivity contribution in [2.45, 2.75) is 5.22 Å². The summed E-state index contributed by atoms with van der Waals surface area (Å²) in [7, 11) is 0. The molecule has 0 radical (unpaired) electrons. The Hall–Kier alpha value is -2.46. The van der Waals surface area contributed by atoms with Crippen LogP contribution in [0, 0.1) is 0 Å². The van der Waals surface area contributed by atoms with Crippen molar-refractivity contribution in [3.8, 4) is 5.75 Å². The highest BCUT2D eigenvalue weighted by Gasteiger charge is 2.05. The van der Waals surface area contributed by atoms with Crippen molar-refractivity contribution in [3.63, 3.8) is 0 Å². The lowest BCUT2D eigenvalue weighted by atomic mass is 10.1. The molecule has 0 saturated carbocycles. The van der Waals surface area contributed by atoms with Crippen LogP contribution in [0.1, 0.15) is 0 Å². The molecule has 0 amide bonds. The monoisotopic (exact) mass is 321 g/mol. The zero-order chi connectivity index (χ0) is 15.5. The molecule has 4 heteroatoms. The molecule has 114 valence electrons. The molecule has 3 aromatic carbocycles. The average Bonchev–Trinajstić information content (AvgIpc) is 3.01. The molecule has 1 aromatic heterocycles. The Morgan fingerprint density at radius 2 is 1.74 bits per heavy atom. The van der Waals surface area contributed by atoms with Crippen LogP contribution in [-0.4, -0.2) is 17.3 Å². The fraction of sp³-hybridized carbons (Fsp3) is 0.105. The normalized spacial score (nSPS) is 11.1. The molecule has 0 aliphatic heterocycles. The minimum Gasteiger partial charge on any atom is -0.493 e. The summed E-state index contributed by atoms with van der Waals surface area (Å²) in [5.41, 5.74) is 1.72. The van der Waals surface area contributed by atoms with Crippen LogP contribution in [0.4, 0.5) is 0 Å². The number of hydrogen-bond acceptors (Lipinski definition) is 4. The van der Waals surface area contributed by atoms with Crippen molar-refractivity contribution in [1.29, 1.82) is 0 Å². The maximum Gasteiger partial charge on any atom is 0.256 e. The molecule has 0 fully saturated rings. The molecule has 0 saturated heterocycles. The van der Waals surface area contributed by atoms with E-state index in [0.29, 0.717) is 11.8 Å². The zero-order valence-electron chi connectivity index (χ0n) is 12.4. The smallest absolute Gasteiger partial charge is 0.256 e. The summed E-state index contributed by atoms with van der Waals surface area (Å²) in [5, 5.41) is 3.10. The Balaban J connectivity index is 1.35. The van der Waals surface area contributed by atoms with Crippen molar-refractivity contribution >= 4 is 33.6 Å². The Morgan fingerprint density at radius 3 is 2.65 bits per heavy atom. The van der Waals surface area contributed by atoms with E-state index in [1.54, 1.807) is 11.8 Å². The fourth-order valence-electron chi connectivity index (χ4n) is 2.46. The summed E-state index contributed by atoms with van der Waals surface area (Å²) in [6.45, 7) is 0.613. The largest absolute Gasteiger partial charge is 0.493 e. The first-order valence-electron chi connectivity index (χ1n) is 7.48. The first-order chi connectivity index (χ1) is 11.4. The number of fused-ring (bicyclic) bond motifs is 2. The van der Waals surface area contributed by atoms with Crippen molar-refractivity contribution in [2.75, 3.05) is 12.4 Å². The molecule has 0 N–H and O–H groups in total. The van der Waals surface area contributed by atoms with Crippen LogP contribution in [0.25, 0.3) is 21.9 Å². The van der Waals surface area contributed by atoms with Gasteiger partial charge in [0.25, 0.3) is 5.22 Å². The Labute approximate surface area is 138 Å². The van der Waals surface area contributed by atoms with Crippen LogP contribution in [-0.2, 0) is 0 Å². The summed E-state index contributed by atoms with van der Waals surface area (Å²) < 4.78 is 11.5. The third-order valence-electron chi connectivity index (χ3n) is 3.57. The van der Waals surface area contributed by atoms with Crippen LogP contribution in [0.3, 0.4) is 0 Å². The lowest BCUT2D eigenvalue weighted by molar-refractivity contribution is 0.344. The number of aromatic nitrogens is 1. The van der Waals surface area contributed by atoms with Gasteiger partial charge in [0.15, 0.2) is 5.58 Å². The van der Waals surface area contributed by atoms with E-state index in [4.69, 9.17) is 9.15 Å². The van der Waals surface area contributed by atoms with Gasteiger partial charge in [0.1, 0.15) is 11.3 Å². The Morgan fingerprint density at radius 1 is 0.913 bits per heavy atom. The maximum absolute atomic E-state index is 5.82. The topological polar surface area (TPSA) is 35.3 Å². The molecule has 23 heavy (non-hydrogen) atoms. The highest BCUT2D eigenvalue weighted by Crippen LogP contribution is 2.24. The summed E-state index contributed by atoms with van der Waals surface area (Å²) in [6.07, 6.45) is 0. The van der Waals surface area contributed by atoms with Crippen LogP contribution in [0.5, 0.6) is 5.75 Å². The van der Waals surface area contributed by atoms with E-state index >= 15 is 0 Å². The number of benzene rings is 3. The number of hydrogen-bond donors (Lipinski definition) is 0. The van der Waals surface area contributed by atoms with E-state index in [1.165, 1.54) is 10.8 Å². The Kier molecular flexibility index (Phi) is 3.90. The predicted molar refractivity (Wildman–Crippen MR) is 94.2 cm³/mol. The lowest BCUT2D eigenvalue weighted by Gasteiger charge is -2.06. The van der Waals surface area contributed by atoms with Gasteiger partial charge in [-0.25, -0.2) is 4.98 Å². The maximum atomic E-state index is 5.82. The van der Waals surface area contributed by atoms with Crippen molar-refractivity contribution in [3.05, 3.63) is 66.7 Å². The number of oxazole rings is 1. The van der Waals surface area contributed by atoms with Gasteiger partial charge in [0.05, 0.1) is 6.61 Å². The van der Waals surface area contributed by atoms with Gasteiger partial charge in [0.2, 0.25) is 0 Å². The first kappa shape index (κ1) is 14.2. The molecule has 0 unspecified atom stereocenters. The number of ether oxygens (including phenoxy) is 1. The Bertz CT molecular complexity index is 915. The second-order valence-corrected chi connectivity index (χ2v) is 6.20. The van der Waals surface area contributed by atoms with Crippen LogP contribution in [0.2, 0.25) is 0 Å². The van der Waals surface area contributed by atoms with Gasteiger partial charge in [-0.1, -0.05) is 54.2 Å². The van der Waals surface area contributed by atoms with Gasteiger partial charge in [-0.3, -0.25) is 0 Å². The summed E-state index contributed by atoms with van der Waals surface area (Å²) in [4.78, 5) is 4.44. The lowest BCUT2D eigenvalue weighted by Crippen LogP contribution is -1.99. The summed E-state index contributed by atoms with van der Waals surface area (Å²) in [5.74, 6) is 1.68. The highest BCUT2D eigenvalue weighted by molar-refractivity contribution is 7.99. The van der Waals surface area contributed by atoms with Crippen molar-refractivity contribution in [2.24, 2.45) is 0 Å². The summed E-state index contributed by atoms with van der Waals surface area (Å²) >= 11 is 1.57. The molecule has 1 heterocycles. The minimum absolute atomic E-state index is 0.613. The van der Waals surface area contributed by atoms with E-state index in [9.17, 15) is 0 Å². The molecule has 0 aliphatic carbocycles. The zero-order valence-corrected chi connectivity index (χ0v) is 13.3. The highest BCUT2D eigenvalue weighted by atomic mass is 32.2. The van der Waals surface area contributed by atoms with E-state index < -0.39 is 0 Å². The van der Waals surface area contributed by atoms with Crippen LogP contribution >= 0.6 is 11.8 Å². The second kappa shape index (κ2) is 6.34. The third-order valence-corrected chi connectivity index (χ3v) is 4.37. The molecule has 0 atom stereocenters. The van der Waals surface area contributed by atoms with Gasteiger partial charge in [-0.15, -0.1) is 0 Å². The average molecular weight is 321 g/mol. The van der Waals surface area contributed by atoms with Crippen LogP contribution in [0.15, 0.2) is 76.4 Å². The van der Waals surface area contributed by atoms with Gasteiger partial charge in [-0.2, -0.15) is 0 Å². The minimum atomic E-state index is 0.613. The number of thioether (sulfide) groups is 1. The van der Waals surface area contributed by atoms with E-state index in [2.05, 4.69) is 29.2 Å². The number of rotatable bonds is 5. The van der Waals surface area contributed by atoms with E-state index in [1.807, 2.05) is 42.5 Å². The van der Waals surface area contributed by atoms with E-state index in [-0.39, 0.29) is 0 Å².